The maximum absolute atomic E-state index is 10.5. The molecule has 1 aromatic rings. The van der Waals surface area contributed by atoms with Crippen LogP contribution in [0, 0.1) is 0 Å². The van der Waals surface area contributed by atoms with Crippen LogP contribution in [0.5, 0.6) is 0 Å². The van der Waals surface area contributed by atoms with E-state index in [1.807, 2.05) is 0 Å². The zero-order chi connectivity index (χ0) is 13.1. The summed E-state index contributed by atoms with van der Waals surface area (Å²) in [7, 11) is 0. The van der Waals surface area contributed by atoms with E-state index >= 15 is 0 Å². The third-order valence-corrected chi connectivity index (χ3v) is 4.33. The minimum atomic E-state index is -0.231. The van der Waals surface area contributed by atoms with Gasteiger partial charge in [-0.05, 0) is 49.9 Å². The molecular formula is C16H20N2O. The number of carbonyl (C=O) groups excluding carboxylic acids is 1. The first-order valence-electron chi connectivity index (χ1n) is 7.23. The molecule has 1 aromatic carbocycles. The van der Waals surface area contributed by atoms with E-state index in [1.54, 1.807) is 6.08 Å². The van der Waals surface area contributed by atoms with Gasteiger partial charge in [0.2, 0.25) is 6.08 Å². The molecule has 1 heterocycles. The lowest BCUT2D eigenvalue weighted by Gasteiger charge is -2.26. The number of aliphatic imine (C=N–C) groups is 1. The van der Waals surface area contributed by atoms with Crippen LogP contribution in [-0.4, -0.2) is 24.1 Å². The summed E-state index contributed by atoms with van der Waals surface area (Å²) in [5.41, 5.74) is 2.29. The lowest BCUT2D eigenvalue weighted by atomic mass is 10.0. The number of nitrogens with zero attached hydrogens (tertiary/aromatic N) is 2. The van der Waals surface area contributed by atoms with Crippen LogP contribution in [0.2, 0.25) is 0 Å². The van der Waals surface area contributed by atoms with Gasteiger partial charge < -0.3 is 0 Å². The normalized spacial score (nSPS) is 21.7. The summed E-state index contributed by atoms with van der Waals surface area (Å²) in [5, 5.41) is 0. The highest BCUT2D eigenvalue weighted by molar-refractivity contribution is 5.41. The molecule has 1 saturated heterocycles. The molecule has 1 aliphatic heterocycles. The molecule has 0 bridgehead atoms. The maximum atomic E-state index is 10.5. The van der Waals surface area contributed by atoms with E-state index < -0.39 is 0 Å². The summed E-state index contributed by atoms with van der Waals surface area (Å²) in [6.45, 7) is 3.49. The van der Waals surface area contributed by atoms with E-state index in [9.17, 15) is 4.79 Å². The van der Waals surface area contributed by atoms with Gasteiger partial charge in [-0.1, -0.05) is 30.7 Å². The summed E-state index contributed by atoms with van der Waals surface area (Å²) in [5.74, 6) is 0. The molecular weight excluding hydrogens is 236 g/mol. The van der Waals surface area contributed by atoms with Gasteiger partial charge in [0, 0.05) is 6.54 Å². The maximum Gasteiger partial charge on any atom is 0.235 e. The van der Waals surface area contributed by atoms with E-state index in [4.69, 9.17) is 0 Å². The summed E-state index contributed by atoms with van der Waals surface area (Å²) in [4.78, 5) is 17.0. The predicted molar refractivity (Wildman–Crippen MR) is 74.6 cm³/mol. The molecule has 2 fully saturated rings. The molecule has 1 saturated carbocycles. The van der Waals surface area contributed by atoms with Crippen molar-refractivity contribution in [2.45, 2.75) is 44.2 Å². The van der Waals surface area contributed by atoms with Crippen molar-refractivity contribution in [2.75, 3.05) is 13.1 Å². The first kappa shape index (κ1) is 12.6. The van der Waals surface area contributed by atoms with Crippen LogP contribution >= 0.6 is 0 Å². The summed E-state index contributed by atoms with van der Waals surface area (Å²) in [6, 6.07) is 8.63. The Kier molecular flexibility index (Phi) is 3.50. The van der Waals surface area contributed by atoms with Crippen molar-refractivity contribution in [3.8, 4) is 0 Å². The zero-order valence-corrected chi connectivity index (χ0v) is 11.3. The molecule has 0 unspecified atom stereocenters. The smallest absolute Gasteiger partial charge is 0.235 e. The van der Waals surface area contributed by atoms with Crippen LogP contribution < -0.4 is 0 Å². The highest BCUT2D eigenvalue weighted by Crippen LogP contribution is 2.49. The Balaban J connectivity index is 1.67. The lowest BCUT2D eigenvalue weighted by Crippen LogP contribution is -2.29. The molecule has 1 aliphatic carbocycles. The number of isocyanates is 1. The fourth-order valence-electron chi connectivity index (χ4n) is 2.97. The zero-order valence-electron chi connectivity index (χ0n) is 11.3. The Labute approximate surface area is 114 Å². The van der Waals surface area contributed by atoms with Crippen LogP contribution in [0.25, 0.3) is 0 Å². The molecule has 19 heavy (non-hydrogen) atoms. The van der Waals surface area contributed by atoms with E-state index in [0.717, 1.165) is 19.4 Å². The number of piperidine rings is 1. The first-order valence-corrected chi connectivity index (χ1v) is 7.23. The van der Waals surface area contributed by atoms with Gasteiger partial charge in [-0.3, -0.25) is 4.90 Å². The molecule has 3 heteroatoms. The lowest BCUT2D eigenvalue weighted by molar-refractivity contribution is 0.221. The highest BCUT2D eigenvalue weighted by atomic mass is 16.1. The molecule has 3 rings (SSSR count). The molecule has 0 amide bonds. The van der Waals surface area contributed by atoms with E-state index in [0.29, 0.717) is 0 Å². The van der Waals surface area contributed by atoms with Gasteiger partial charge in [0.05, 0.1) is 5.54 Å². The van der Waals surface area contributed by atoms with Crippen molar-refractivity contribution in [3.05, 3.63) is 35.4 Å². The molecule has 2 aliphatic rings. The fourth-order valence-corrected chi connectivity index (χ4v) is 2.97. The van der Waals surface area contributed by atoms with Crippen molar-refractivity contribution in [1.82, 2.24) is 4.90 Å². The molecule has 0 N–H and O–H groups in total. The van der Waals surface area contributed by atoms with E-state index in [-0.39, 0.29) is 5.54 Å². The van der Waals surface area contributed by atoms with E-state index in [2.05, 4.69) is 34.2 Å². The second kappa shape index (κ2) is 5.28. The number of hydrogen-bond acceptors (Lipinski definition) is 3. The second-order valence-electron chi connectivity index (χ2n) is 5.77. The van der Waals surface area contributed by atoms with Gasteiger partial charge in [-0.25, -0.2) is 4.79 Å². The van der Waals surface area contributed by atoms with Gasteiger partial charge in [-0.2, -0.15) is 4.99 Å². The van der Waals surface area contributed by atoms with Gasteiger partial charge in [0.25, 0.3) is 0 Å². The Bertz CT molecular complexity index is 478. The number of rotatable bonds is 4. The highest BCUT2D eigenvalue weighted by Gasteiger charge is 2.44. The summed E-state index contributed by atoms with van der Waals surface area (Å²) >= 11 is 0. The third kappa shape index (κ3) is 2.78. The van der Waals surface area contributed by atoms with Crippen LogP contribution in [0.4, 0.5) is 0 Å². The van der Waals surface area contributed by atoms with Crippen LogP contribution in [-0.2, 0) is 16.9 Å². The molecule has 0 radical (unpaired) electrons. The third-order valence-electron chi connectivity index (χ3n) is 4.33. The number of benzene rings is 1. The minimum Gasteiger partial charge on any atom is -0.299 e. The number of likely N-dealkylation sites (tertiary alicyclic amines) is 1. The average Bonchev–Trinajstić information content (AvgIpc) is 3.22. The average molecular weight is 256 g/mol. The largest absolute Gasteiger partial charge is 0.299 e. The Hall–Kier alpha value is -1.44. The topological polar surface area (TPSA) is 32.7 Å². The summed E-state index contributed by atoms with van der Waals surface area (Å²) < 4.78 is 0. The van der Waals surface area contributed by atoms with Gasteiger partial charge >= 0.3 is 0 Å². The van der Waals surface area contributed by atoms with Crippen molar-refractivity contribution in [3.63, 3.8) is 0 Å². The van der Waals surface area contributed by atoms with Crippen LogP contribution in [0.1, 0.15) is 43.2 Å². The molecule has 0 atom stereocenters. The van der Waals surface area contributed by atoms with Crippen molar-refractivity contribution < 1.29 is 4.79 Å². The quantitative estimate of drug-likeness (QED) is 0.613. The van der Waals surface area contributed by atoms with Gasteiger partial charge in [-0.15, -0.1) is 0 Å². The fraction of sp³-hybridized carbons (Fsp3) is 0.562. The Morgan fingerprint density at radius 2 is 1.79 bits per heavy atom. The molecule has 0 aromatic heterocycles. The molecule has 100 valence electrons. The van der Waals surface area contributed by atoms with E-state index in [1.165, 1.54) is 43.5 Å². The summed E-state index contributed by atoms with van der Waals surface area (Å²) in [6.07, 6.45) is 7.71. The SMILES string of the molecule is O=C=NC1(c2ccc(CN3CCCCC3)cc2)CC1. The van der Waals surface area contributed by atoms with Crippen LogP contribution in [0.3, 0.4) is 0 Å². The predicted octanol–water partition coefficient (Wildman–Crippen LogP) is 3.00. The minimum absolute atomic E-state index is 0.231. The number of hydrogen-bond donors (Lipinski definition) is 0. The van der Waals surface area contributed by atoms with Crippen molar-refractivity contribution >= 4 is 6.08 Å². The standard InChI is InChI=1S/C16H20N2O/c19-13-17-16(8-9-16)15-6-4-14(5-7-15)12-18-10-2-1-3-11-18/h4-7H,1-3,8-12H2. The Morgan fingerprint density at radius 1 is 1.11 bits per heavy atom. The van der Waals surface area contributed by atoms with Gasteiger partial charge in [0.1, 0.15) is 0 Å². The monoisotopic (exact) mass is 256 g/mol. The Morgan fingerprint density at radius 3 is 2.37 bits per heavy atom. The van der Waals surface area contributed by atoms with Gasteiger partial charge in [0.15, 0.2) is 0 Å². The van der Waals surface area contributed by atoms with Crippen molar-refractivity contribution in [1.29, 1.82) is 0 Å². The second-order valence-corrected chi connectivity index (χ2v) is 5.77. The first-order chi connectivity index (χ1) is 9.32. The van der Waals surface area contributed by atoms with Crippen molar-refractivity contribution in [2.24, 2.45) is 4.99 Å². The van der Waals surface area contributed by atoms with Crippen LogP contribution in [0.15, 0.2) is 29.3 Å². The molecule has 0 spiro atoms. The molecule has 3 nitrogen and oxygen atoms in total.